The van der Waals surface area contributed by atoms with Gasteiger partial charge in [0, 0.05) is 27.7 Å². The highest BCUT2D eigenvalue weighted by Crippen LogP contribution is 2.35. The summed E-state index contributed by atoms with van der Waals surface area (Å²) in [5.41, 5.74) is 1.74. The Hall–Kier alpha value is -2.36. The molecule has 0 atom stereocenters. The highest BCUT2D eigenvalue weighted by molar-refractivity contribution is 6.46. The number of aromatic nitrogens is 2. The third kappa shape index (κ3) is 1.56. The summed E-state index contributed by atoms with van der Waals surface area (Å²) in [7, 11) is 0. The number of nitrogens with zero attached hydrogens (tertiary/aromatic N) is 2. The summed E-state index contributed by atoms with van der Waals surface area (Å²) in [5.74, 6) is 0. The van der Waals surface area contributed by atoms with Gasteiger partial charge < -0.3 is 0 Å². The lowest BCUT2D eigenvalue weighted by atomic mass is 10.1. The molecule has 23 heavy (non-hydrogen) atoms. The van der Waals surface area contributed by atoms with Crippen molar-refractivity contribution in [3.8, 4) is 0 Å². The van der Waals surface area contributed by atoms with Crippen molar-refractivity contribution in [1.82, 2.24) is 9.38 Å². The van der Waals surface area contributed by atoms with Gasteiger partial charge in [-0.2, -0.15) is 0 Å². The first-order valence-electron chi connectivity index (χ1n) is 7.09. The second kappa shape index (κ2) is 4.34. The second-order valence-electron chi connectivity index (χ2n) is 5.53. The lowest BCUT2D eigenvalue weighted by Crippen LogP contribution is -2.09. The third-order valence-corrected chi connectivity index (χ3v) is 5.14. The molecule has 3 nitrogen and oxygen atoms in total. The van der Waals surface area contributed by atoms with Gasteiger partial charge in [-0.3, -0.25) is 9.20 Å². The van der Waals surface area contributed by atoms with E-state index in [0.717, 1.165) is 32.7 Å². The van der Waals surface area contributed by atoms with Crippen LogP contribution in [0, 0.1) is 0 Å². The predicted molar refractivity (Wildman–Crippen MR) is 95.2 cm³/mol. The monoisotopic (exact) mass is 338 g/mol. The van der Waals surface area contributed by atoms with E-state index in [2.05, 4.69) is 0 Å². The molecule has 5 rings (SSSR count). The number of fused-ring (bicyclic) bond motifs is 4. The minimum atomic E-state index is -0.270. The Balaban J connectivity index is 2.24. The van der Waals surface area contributed by atoms with Gasteiger partial charge in [0.05, 0.1) is 10.5 Å². The fourth-order valence-electron chi connectivity index (χ4n) is 3.27. The zero-order chi connectivity index (χ0) is 15.7. The Morgan fingerprint density at radius 1 is 0.913 bits per heavy atom. The molecular weight excluding hydrogens is 331 g/mol. The molecular formula is C18H8Cl2N2O. The maximum Gasteiger partial charge on any atom is 0.223 e. The highest BCUT2D eigenvalue weighted by atomic mass is 35.5. The predicted octanol–water partition coefficient (Wildman–Crippen LogP) is 4.90. The molecule has 0 radical (unpaired) electrons. The number of rotatable bonds is 0. The molecule has 3 aromatic carbocycles. The van der Waals surface area contributed by atoms with Gasteiger partial charge in [-0.05, 0) is 6.07 Å². The second-order valence-corrected chi connectivity index (χ2v) is 6.28. The van der Waals surface area contributed by atoms with Crippen LogP contribution in [0.5, 0.6) is 0 Å². The summed E-state index contributed by atoms with van der Waals surface area (Å²) in [6, 6.07) is 13.5. The summed E-state index contributed by atoms with van der Waals surface area (Å²) in [4.78, 5) is 17.5. The molecule has 5 aromatic rings. The molecule has 0 aliphatic carbocycles. The van der Waals surface area contributed by atoms with E-state index in [0.29, 0.717) is 5.52 Å². The van der Waals surface area contributed by atoms with Crippen molar-refractivity contribution in [1.29, 1.82) is 0 Å². The van der Waals surface area contributed by atoms with E-state index in [1.165, 1.54) is 0 Å². The van der Waals surface area contributed by atoms with Gasteiger partial charge in [0.25, 0.3) is 0 Å². The van der Waals surface area contributed by atoms with Crippen molar-refractivity contribution in [3.05, 3.63) is 68.9 Å². The zero-order valence-electron chi connectivity index (χ0n) is 11.7. The van der Waals surface area contributed by atoms with E-state index in [-0.39, 0.29) is 15.5 Å². The van der Waals surface area contributed by atoms with E-state index in [1.807, 2.05) is 53.1 Å². The first kappa shape index (κ1) is 13.1. The van der Waals surface area contributed by atoms with Crippen molar-refractivity contribution >= 4 is 61.4 Å². The molecule has 0 amide bonds. The molecule has 0 spiro atoms. The fourth-order valence-corrected chi connectivity index (χ4v) is 3.71. The summed E-state index contributed by atoms with van der Waals surface area (Å²) >= 11 is 12.5. The molecule has 0 N–H and O–H groups in total. The molecule has 0 saturated carbocycles. The first-order valence-corrected chi connectivity index (χ1v) is 7.85. The van der Waals surface area contributed by atoms with Crippen LogP contribution in [0.2, 0.25) is 10.0 Å². The molecule has 0 aliphatic rings. The van der Waals surface area contributed by atoms with Crippen LogP contribution in [-0.4, -0.2) is 9.38 Å². The van der Waals surface area contributed by atoms with Crippen LogP contribution in [0.15, 0.2) is 53.5 Å². The van der Waals surface area contributed by atoms with Crippen LogP contribution in [0.3, 0.4) is 0 Å². The van der Waals surface area contributed by atoms with Gasteiger partial charge in [-0.25, -0.2) is 4.98 Å². The van der Waals surface area contributed by atoms with Crippen molar-refractivity contribution in [3.63, 3.8) is 0 Å². The van der Waals surface area contributed by atoms with Gasteiger partial charge in [0.2, 0.25) is 5.43 Å². The van der Waals surface area contributed by atoms with E-state index in [4.69, 9.17) is 28.2 Å². The number of hydrogen-bond acceptors (Lipinski definition) is 2. The summed E-state index contributed by atoms with van der Waals surface area (Å²) in [6.07, 6.45) is 1.92. The Labute approximate surface area is 140 Å². The normalized spacial score (nSPS) is 12.1. The summed E-state index contributed by atoms with van der Waals surface area (Å²) < 4.78 is 1.82. The van der Waals surface area contributed by atoms with Gasteiger partial charge >= 0.3 is 0 Å². The molecule has 0 aliphatic heterocycles. The molecule has 0 saturated heterocycles. The van der Waals surface area contributed by atoms with Crippen molar-refractivity contribution in [2.75, 3.05) is 0 Å². The van der Waals surface area contributed by atoms with E-state index in [9.17, 15) is 4.79 Å². The fraction of sp³-hybridized carbons (Fsp3) is 0. The van der Waals surface area contributed by atoms with Gasteiger partial charge in [0.15, 0.2) is 0 Å². The maximum absolute atomic E-state index is 12.8. The number of hydrogen-bond donors (Lipinski definition) is 0. The highest BCUT2D eigenvalue weighted by Gasteiger charge is 2.19. The molecule has 110 valence electrons. The molecule has 0 fully saturated rings. The largest absolute Gasteiger partial charge is 0.296 e. The van der Waals surface area contributed by atoms with Crippen LogP contribution in [0.4, 0.5) is 0 Å². The van der Waals surface area contributed by atoms with Crippen molar-refractivity contribution in [2.45, 2.75) is 0 Å². The average molecular weight is 339 g/mol. The van der Waals surface area contributed by atoms with Crippen molar-refractivity contribution in [2.24, 2.45) is 0 Å². The molecule has 2 aromatic heterocycles. The molecule has 0 bridgehead atoms. The smallest absolute Gasteiger partial charge is 0.223 e. The standard InChI is InChI=1S/C18H8Cl2N2O/c19-14-11-6-3-7-12-13(11)16(17(23)15(14)20)22-8-9-4-1-2-5-10(9)18(22)21-12/h1-8H. The quantitative estimate of drug-likeness (QED) is 0.402. The lowest BCUT2D eigenvalue weighted by molar-refractivity contribution is 1.22. The molecule has 0 unspecified atom stereocenters. The Kier molecular flexibility index (Phi) is 2.48. The molecule has 2 heterocycles. The van der Waals surface area contributed by atoms with Crippen molar-refractivity contribution < 1.29 is 0 Å². The minimum absolute atomic E-state index is 0.0527. The average Bonchev–Trinajstić information content (AvgIpc) is 2.94. The zero-order valence-corrected chi connectivity index (χ0v) is 13.2. The number of benzene rings is 3. The van der Waals surface area contributed by atoms with Crippen LogP contribution in [0.1, 0.15) is 0 Å². The van der Waals surface area contributed by atoms with Gasteiger partial charge in [-0.15, -0.1) is 0 Å². The lowest BCUT2D eigenvalue weighted by Gasteiger charge is -2.09. The van der Waals surface area contributed by atoms with Crippen LogP contribution in [0.25, 0.3) is 38.2 Å². The first-order chi connectivity index (χ1) is 11.2. The van der Waals surface area contributed by atoms with Crippen LogP contribution >= 0.6 is 23.2 Å². The van der Waals surface area contributed by atoms with E-state index >= 15 is 0 Å². The third-order valence-electron chi connectivity index (χ3n) is 4.29. The topological polar surface area (TPSA) is 34.4 Å². The SMILES string of the molecule is O=c1c(Cl)c(Cl)c2cccc3nc4c5ccccc5cn4c1c32. The Morgan fingerprint density at radius 3 is 2.57 bits per heavy atom. The van der Waals surface area contributed by atoms with Gasteiger partial charge in [-0.1, -0.05) is 59.6 Å². The van der Waals surface area contributed by atoms with E-state index in [1.54, 1.807) is 0 Å². The van der Waals surface area contributed by atoms with Crippen LogP contribution in [-0.2, 0) is 0 Å². The molecule has 5 heteroatoms. The maximum atomic E-state index is 12.8. The van der Waals surface area contributed by atoms with E-state index < -0.39 is 0 Å². The number of halogens is 2. The Morgan fingerprint density at radius 2 is 1.70 bits per heavy atom. The Bertz CT molecular complexity index is 1310. The van der Waals surface area contributed by atoms with Crippen LogP contribution < -0.4 is 5.43 Å². The van der Waals surface area contributed by atoms with Gasteiger partial charge in [0.1, 0.15) is 16.2 Å². The minimum Gasteiger partial charge on any atom is -0.296 e. The summed E-state index contributed by atoms with van der Waals surface area (Å²) in [6.45, 7) is 0. The summed E-state index contributed by atoms with van der Waals surface area (Å²) in [5, 5.41) is 3.86.